The number of hydrogen-bond donors (Lipinski definition) is 0. The van der Waals surface area contributed by atoms with Crippen molar-refractivity contribution in [2.45, 2.75) is 14.1 Å². The molecule has 0 aromatic carbocycles. The molecule has 1 saturated carbocycles. The van der Waals surface area contributed by atoms with Crippen molar-refractivity contribution < 1.29 is 14.3 Å². The molecule has 3 nitrogen and oxygen atoms in total. The number of esters is 2. The fourth-order valence-electron chi connectivity index (χ4n) is 2.81. The van der Waals surface area contributed by atoms with E-state index >= 15 is 0 Å². The average molecular weight is 371 g/mol. The number of rotatable bonds is 0. The molecule has 0 N–H and O–H groups in total. The molecule has 98 valence electrons. The minimum Gasteiger partial charge on any atom is -0.393 e. The quantitative estimate of drug-likeness (QED) is 0.374. The van der Waals surface area contributed by atoms with Crippen molar-refractivity contribution in [2.75, 3.05) is 0 Å². The molecule has 1 heterocycles. The van der Waals surface area contributed by atoms with Crippen LogP contribution in [0.25, 0.3) is 0 Å². The fraction of sp³-hybridized carbons (Fsp3) is 0.556. The van der Waals surface area contributed by atoms with Crippen LogP contribution in [0.3, 0.4) is 0 Å². The molecule has 0 amide bonds. The lowest BCUT2D eigenvalue weighted by Crippen LogP contribution is -2.47. The predicted octanol–water partition coefficient (Wildman–Crippen LogP) is 3.15. The maximum absolute atomic E-state index is 11.7. The second-order valence-electron chi connectivity index (χ2n) is 4.32. The first-order valence-corrected chi connectivity index (χ1v) is 6.96. The van der Waals surface area contributed by atoms with Gasteiger partial charge in [-0.15, -0.1) is 23.2 Å². The Labute approximate surface area is 131 Å². The van der Waals surface area contributed by atoms with E-state index in [1.807, 2.05) is 0 Å². The molecule has 0 aromatic heterocycles. The number of fused-ring (bicyclic) bond motifs is 5. The fourth-order valence-corrected chi connectivity index (χ4v) is 5.73. The van der Waals surface area contributed by atoms with E-state index in [0.717, 1.165) is 0 Å². The van der Waals surface area contributed by atoms with Crippen molar-refractivity contribution in [1.82, 2.24) is 0 Å². The first kappa shape index (κ1) is 13.6. The number of carbonyl (C=O) groups excluding carboxylic acids is 2. The van der Waals surface area contributed by atoms with Gasteiger partial charge in [-0.05, 0) is 0 Å². The van der Waals surface area contributed by atoms with Crippen LogP contribution >= 0.6 is 69.6 Å². The zero-order valence-corrected chi connectivity index (χ0v) is 12.7. The second-order valence-corrected chi connectivity index (χ2v) is 7.60. The van der Waals surface area contributed by atoms with Gasteiger partial charge in [0.2, 0.25) is 0 Å². The van der Waals surface area contributed by atoms with Crippen molar-refractivity contribution in [1.29, 1.82) is 0 Å². The van der Waals surface area contributed by atoms with Gasteiger partial charge in [0.25, 0.3) is 0 Å². The molecule has 1 saturated heterocycles. The molecular weight excluding hydrogens is 369 g/mol. The summed E-state index contributed by atoms with van der Waals surface area (Å²) in [5, 5.41) is -0.252. The maximum Gasteiger partial charge on any atom is 0.319 e. The highest BCUT2D eigenvalue weighted by molar-refractivity contribution is 6.66. The van der Waals surface area contributed by atoms with Gasteiger partial charge in [0, 0.05) is 0 Å². The van der Waals surface area contributed by atoms with Crippen LogP contribution in [-0.4, -0.2) is 26.0 Å². The van der Waals surface area contributed by atoms with Gasteiger partial charge in [-0.1, -0.05) is 46.4 Å². The summed E-state index contributed by atoms with van der Waals surface area (Å²) in [5.74, 6) is -3.99. The highest BCUT2D eigenvalue weighted by atomic mass is 35.5. The van der Waals surface area contributed by atoms with E-state index in [-0.39, 0.29) is 10.1 Å². The van der Waals surface area contributed by atoms with E-state index in [9.17, 15) is 9.59 Å². The molecular formula is C9H2Cl6O3. The molecule has 4 atom stereocenters. The summed E-state index contributed by atoms with van der Waals surface area (Å²) in [4.78, 5) is 19.9. The Kier molecular flexibility index (Phi) is 2.60. The third kappa shape index (κ3) is 1.03. The van der Waals surface area contributed by atoms with Crippen molar-refractivity contribution in [3.8, 4) is 0 Å². The van der Waals surface area contributed by atoms with Crippen LogP contribution < -0.4 is 0 Å². The van der Waals surface area contributed by atoms with Crippen LogP contribution in [0.5, 0.6) is 0 Å². The van der Waals surface area contributed by atoms with Crippen LogP contribution in [-0.2, 0) is 14.3 Å². The van der Waals surface area contributed by atoms with Crippen LogP contribution in [0.2, 0.25) is 0 Å². The van der Waals surface area contributed by atoms with E-state index in [0.29, 0.717) is 0 Å². The molecule has 0 radical (unpaired) electrons. The molecule has 3 rings (SSSR count). The Hall–Kier alpha value is 0.620. The van der Waals surface area contributed by atoms with Crippen molar-refractivity contribution in [2.24, 2.45) is 11.8 Å². The molecule has 2 aliphatic carbocycles. The topological polar surface area (TPSA) is 43.4 Å². The van der Waals surface area contributed by atoms with Gasteiger partial charge in [0.15, 0.2) is 4.33 Å². The monoisotopic (exact) mass is 368 g/mol. The maximum atomic E-state index is 11.7. The van der Waals surface area contributed by atoms with E-state index in [4.69, 9.17) is 69.6 Å². The summed E-state index contributed by atoms with van der Waals surface area (Å²) < 4.78 is 2.63. The molecule has 1 aliphatic heterocycles. The van der Waals surface area contributed by atoms with Gasteiger partial charge in [0.05, 0.1) is 10.1 Å². The Morgan fingerprint density at radius 2 is 1.17 bits per heavy atom. The van der Waals surface area contributed by atoms with Gasteiger partial charge in [-0.2, -0.15) is 0 Å². The molecule has 9 heteroatoms. The summed E-state index contributed by atoms with van der Waals surface area (Å²) in [5.41, 5.74) is 0. The van der Waals surface area contributed by atoms with Crippen LogP contribution in [0.1, 0.15) is 0 Å². The highest BCUT2D eigenvalue weighted by Gasteiger charge is 2.87. The lowest BCUT2D eigenvalue weighted by molar-refractivity contribution is -0.154. The van der Waals surface area contributed by atoms with Crippen molar-refractivity contribution in [3.05, 3.63) is 10.1 Å². The first-order chi connectivity index (χ1) is 8.11. The number of hydrogen-bond acceptors (Lipinski definition) is 3. The molecule has 2 bridgehead atoms. The molecule has 0 aromatic rings. The SMILES string of the molecule is O=C1OC(=O)[C@H]2[C@H]1[C@]1(Cl)C(Cl)=C(Cl)[C@]2(Cl)C1(Cl)Cl. The van der Waals surface area contributed by atoms with Crippen LogP contribution in [0, 0.1) is 11.8 Å². The van der Waals surface area contributed by atoms with Gasteiger partial charge in [0.1, 0.15) is 21.6 Å². The minimum absolute atomic E-state index is 0.126. The average Bonchev–Trinajstić information content (AvgIpc) is 2.68. The molecule has 3 aliphatic rings. The number of carbonyl (C=O) groups is 2. The Morgan fingerprint density at radius 1 is 0.833 bits per heavy atom. The summed E-state index contributed by atoms with van der Waals surface area (Å²) in [6.45, 7) is 0. The predicted molar refractivity (Wildman–Crippen MR) is 68.4 cm³/mol. The zero-order chi connectivity index (χ0) is 13.7. The molecule has 0 spiro atoms. The Bertz CT molecular complexity index is 498. The largest absolute Gasteiger partial charge is 0.393 e. The number of halogens is 6. The van der Waals surface area contributed by atoms with Gasteiger partial charge in [-0.3, -0.25) is 9.59 Å². The van der Waals surface area contributed by atoms with Crippen molar-refractivity contribution >= 4 is 81.5 Å². The summed E-state index contributed by atoms with van der Waals surface area (Å²) in [6.07, 6.45) is 0. The second kappa shape index (κ2) is 3.44. The van der Waals surface area contributed by atoms with E-state index in [1.54, 1.807) is 0 Å². The van der Waals surface area contributed by atoms with Gasteiger partial charge >= 0.3 is 11.9 Å². The van der Waals surface area contributed by atoms with E-state index in [2.05, 4.69) is 4.74 Å². The number of allylic oxidation sites excluding steroid dienone is 2. The summed E-state index contributed by atoms with van der Waals surface area (Å²) >= 11 is 36.9. The van der Waals surface area contributed by atoms with Gasteiger partial charge < -0.3 is 4.74 Å². The molecule has 18 heavy (non-hydrogen) atoms. The summed E-state index contributed by atoms with van der Waals surface area (Å²) in [6, 6.07) is 0. The smallest absolute Gasteiger partial charge is 0.319 e. The van der Waals surface area contributed by atoms with Gasteiger partial charge in [-0.25, -0.2) is 0 Å². The zero-order valence-electron chi connectivity index (χ0n) is 8.15. The van der Waals surface area contributed by atoms with Crippen molar-refractivity contribution in [3.63, 3.8) is 0 Å². The molecule has 0 unspecified atom stereocenters. The highest BCUT2D eigenvalue weighted by Crippen LogP contribution is 2.77. The third-order valence-corrected chi connectivity index (χ3v) is 7.90. The summed E-state index contributed by atoms with van der Waals surface area (Å²) in [7, 11) is 0. The third-order valence-electron chi connectivity index (χ3n) is 3.64. The Balaban J connectivity index is 2.37. The lowest BCUT2D eigenvalue weighted by Gasteiger charge is -2.32. The Morgan fingerprint density at radius 3 is 1.50 bits per heavy atom. The number of cyclic esters (lactones) is 2. The minimum atomic E-state index is -1.89. The standard InChI is InChI=1S/C9H2Cl6O3/c10-3-4(11)8(13)2-1(5(16)18-6(2)17)7(3,12)9(8,14)15/h1-2H/t1-,2-,7+,8+/m1/s1. The van der Waals surface area contributed by atoms with E-state index < -0.39 is 37.9 Å². The molecule has 2 fully saturated rings. The normalized spacial score (nSPS) is 48.8. The number of alkyl halides is 4. The number of ether oxygens (including phenoxy) is 1. The van der Waals surface area contributed by atoms with E-state index in [1.165, 1.54) is 0 Å². The lowest BCUT2D eigenvalue weighted by atomic mass is 9.84. The first-order valence-electron chi connectivity index (χ1n) is 4.69. The van der Waals surface area contributed by atoms with Crippen LogP contribution in [0.15, 0.2) is 10.1 Å². The van der Waals surface area contributed by atoms with Crippen LogP contribution in [0.4, 0.5) is 0 Å².